The van der Waals surface area contributed by atoms with E-state index < -0.39 is 28.2 Å². The SMILES string of the molecule is COC(=O)C(OS(C)(=O)=O)c1ccccc1-c1ccccc1C(=O)O. The minimum atomic E-state index is -3.97. The molecule has 0 amide bonds. The first-order chi connectivity index (χ1) is 11.7. The van der Waals surface area contributed by atoms with Crippen LogP contribution < -0.4 is 0 Å². The number of benzene rings is 2. The van der Waals surface area contributed by atoms with Gasteiger partial charge in [0.05, 0.1) is 18.9 Å². The molecule has 0 saturated heterocycles. The van der Waals surface area contributed by atoms with Crippen molar-refractivity contribution < 1.29 is 32.0 Å². The molecule has 25 heavy (non-hydrogen) atoms. The molecule has 0 aliphatic heterocycles. The zero-order valence-electron chi connectivity index (χ0n) is 13.5. The fraction of sp³-hybridized carbons (Fsp3) is 0.176. The summed E-state index contributed by atoms with van der Waals surface area (Å²) in [7, 11) is -2.86. The van der Waals surface area contributed by atoms with Crippen molar-refractivity contribution in [2.24, 2.45) is 0 Å². The number of carbonyl (C=O) groups excluding carboxylic acids is 1. The number of aromatic carboxylic acids is 1. The van der Waals surface area contributed by atoms with Crippen LogP contribution in [0.1, 0.15) is 22.0 Å². The lowest BCUT2D eigenvalue weighted by Crippen LogP contribution is -2.21. The number of carbonyl (C=O) groups is 2. The van der Waals surface area contributed by atoms with Gasteiger partial charge in [-0.3, -0.25) is 4.18 Å². The Labute approximate surface area is 144 Å². The van der Waals surface area contributed by atoms with Crippen molar-refractivity contribution in [2.75, 3.05) is 13.4 Å². The average Bonchev–Trinajstić information content (AvgIpc) is 2.58. The predicted molar refractivity (Wildman–Crippen MR) is 89.5 cm³/mol. The summed E-state index contributed by atoms with van der Waals surface area (Å²) in [5.74, 6) is -2.06. The number of hydrogen-bond acceptors (Lipinski definition) is 6. The van der Waals surface area contributed by atoms with Crippen LogP contribution in [0.15, 0.2) is 48.5 Å². The molecule has 0 saturated carbocycles. The number of rotatable bonds is 6. The molecule has 0 aromatic heterocycles. The highest BCUT2D eigenvalue weighted by molar-refractivity contribution is 7.86. The topological polar surface area (TPSA) is 107 Å². The van der Waals surface area contributed by atoms with E-state index in [-0.39, 0.29) is 11.1 Å². The largest absolute Gasteiger partial charge is 0.478 e. The van der Waals surface area contributed by atoms with E-state index in [0.717, 1.165) is 13.4 Å². The lowest BCUT2D eigenvalue weighted by Gasteiger charge is -2.18. The van der Waals surface area contributed by atoms with Crippen LogP contribution in [0.25, 0.3) is 11.1 Å². The number of hydrogen-bond donors (Lipinski definition) is 1. The Balaban J connectivity index is 2.68. The fourth-order valence-corrected chi connectivity index (χ4v) is 2.91. The van der Waals surface area contributed by atoms with Gasteiger partial charge in [0, 0.05) is 5.56 Å². The lowest BCUT2D eigenvalue weighted by molar-refractivity contribution is -0.149. The molecule has 0 aliphatic carbocycles. The summed E-state index contributed by atoms with van der Waals surface area (Å²) in [5, 5.41) is 9.38. The average molecular weight is 364 g/mol. The van der Waals surface area contributed by atoms with Crippen LogP contribution in [0.2, 0.25) is 0 Å². The maximum Gasteiger partial charge on any atom is 0.341 e. The number of methoxy groups -OCH3 is 1. The van der Waals surface area contributed by atoms with Crippen molar-refractivity contribution in [3.8, 4) is 11.1 Å². The standard InChI is InChI=1S/C17H16O7S/c1-23-17(20)15(24-25(2,21)22)13-9-5-3-7-11(13)12-8-4-6-10-14(12)16(18)19/h3-10,15H,1-2H3,(H,18,19). The molecule has 1 N–H and O–H groups in total. The highest BCUT2D eigenvalue weighted by Gasteiger charge is 2.30. The first kappa shape index (κ1) is 18.6. The third-order valence-electron chi connectivity index (χ3n) is 3.38. The van der Waals surface area contributed by atoms with E-state index in [0.29, 0.717) is 11.1 Å². The maximum absolute atomic E-state index is 12.1. The second kappa shape index (κ2) is 7.45. The van der Waals surface area contributed by atoms with Gasteiger partial charge in [-0.25, -0.2) is 9.59 Å². The van der Waals surface area contributed by atoms with Crippen LogP contribution in [-0.4, -0.2) is 38.8 Å². The van der Waals surface area contributed by atoms with Gasteiger partial charge in [0.1, 0.15) is 0 Å². The quantitative estimate of drug-likeness (QED) is 0.619. The molecule has 0 spiro atoms. The van der Waals surface area contributed by atoms with Gasteiger partial charge < -0.3 is 9.84 Å². The molecule has 8 heteroatoms. The van der Waals surface area contributed by atoms with Gasteiger partial charge in [0.15, 0.2) is 6.10 Å². The van der Waals surface area contributed by atoms with Gasteiger partial charge >= 0.3 is 11.9 Å². The van der Waals surface area contributed by atoms with Gasteiger partial charge in [-0.2, -0.15) is 8.42 Å². The van der Waals surface area contributed by atoms with E-state index in [2.05, 4.69) is 4.74 Å². The van der Waals surface area contributed by atoms with E-state index in [1.54, 1.807) is 36.4 Å². The second-order valence-corrected chi connectivity index (χ2v) is 6.74. The molecular formula is C17H16O7S. The summed E-state index contributed by atoms with van der Waals surface area (Å²) in [4.78, 5) is 23.5. The van der Waals surface area contributed by atoms with Crippen molar-refractivity contribution >= 4 is 22.1 Å². The smallest absolute Gasteiger partial charge is 0.341 e. The van der Waals surface area contributed by atoms with Crippen molar-refractivity contribution in [3.05, 3.63) is 59.7 Å². The Morgan fingerprint density at radius 2 is 1.56 bits per heavy atom. The normalized spacial score (nSPS) is 12.4. The number of esters is 1. The van der Waals surface area contributed by atoms with Crippen LogP contribution in [0.4, 0.5) is 0 Å². The first-order valence-corrected chi connectivity index (χ1v) is 8.94. The third-order valence-corrected chi connectivity index (χ3v) is 3.92. The van der Waals surface area contributed by atoms with Gasteiger partial charge in [-0.05, 0) is 17.2 Å². The molecule has 0 bridgehead atoms. The molecule has 1 atom stereocenters. The van der Waals surface area contributed by atoms with Crippen molar-refractivity contribution in [2.45, 2.75) is 6.10 Å². The number of ether oxygens (including phenoxy) is 1. The molecule has 2 aromatic carbocycles. The molecule has 0 fully saturated rings. The first-order valence-electron chi connectivity index (χ1n) is 7.12. The van der Waals surface area contributed by atoms with E-state index in [1.165, 1.54) is 12.1 Å². The van der Waals surface area contributed by atoms with E-state index >= 15 is 0 Å². The van der Waals surface area contributed by atoms with Gasteiger partial charge in [0.25, 0.3) is 10.1 Å². The Morgan fingerprint density at radius 3 is 2.12 bits per heavy atom. The summed E-state index contributed by atoms with van der Waals surface area (Å²) in [6, 6.07) is 12.5. The highest BCUT2D eigenvalue weighted by atomic mass is 32.2. The van der Waals surface area contributed by atoms with Crippen molar-refractivity contribution in [1.29, 1.82) is 0 Å². The van der Waals surface area contributed by atoms with Crippen LogP contribution >= 0.6 is 0 Å². The van der Waals surface area contributed by atoms with Gasteiger partial charge in [-0.15, -0.1) is 0 Å². The van der Waals surface area contributed by atoms with Crippen molar-refractivity contribution in [3.63, 3.8) is 0 Å². The molecule has 0 radical (unpaired) electrons. The minimum Gasteiger partial charge on any atom is -0.478 e. The van der Waals surface area contributed by atoms with E-state index in [9.17, 15) is 23.1 Å². The lowest BCUT2D eigenvalue weighted by atomic mass is 9.93. The summed E-state index contributed by atoms with van der Waals surface area (Å²) >= 11 is 0. The van der Waals surface area contributed by atoms with Crippen LogP contribution in [0, 0.1) is 0 Å². The van der Waals surface area contributed by atoms with Crippen LogP contribution in [0.3, 0.4) is 0 Å². The number of carboxylic acid groups (broad SMARTS) is 1. The summed E-state index contributed by atoms with van der Waals surface area (Å²) < 4.78 is 32.6. The van der Waals surface area contributed by atoms with E-state index in [4.69, 9.17) is 4.18 Å². The van der Waals surface area contributed by atoms with Crippen LogP contribution in [0.5, 0.6) is 0 Å². The zero-order valence-corrected chi connectivity index (χ0v) is 14.3. The molecule has 1 unspecified atom stereocenters. The Bertz CT molecular complexity index is 903. The Kier molecular flexibility index (Phi) is 5.55. The second-order valence-electron chi connectivity index (χ2n) is 5.14. The third kappa shape index (κ3) is 4.43. The molecule has 7 nitrogen and oxygen atoms in total. The van der Waals surface area contributed by atoms with E-state index in [1.807, 2.05) is 0 Å². The Morgan fingerprint density at radius 1 is 1.00 bits per heavy atom. The predicted octanol–water partition coefficient (Wildman–Crippen LogP) is 2.24. The van der Waals surface area contributed by atoms with Gasteiger partial charge in [0.2, 0.25) is 0 Å². The van der Waals surface area contributed by atoms with Crippen molar-refractivity contribution in [1.82, 2.24) is 0 Å². The minimum absolute atomic E-state index is 0.0120. The summed E-state index contributed by atoms with van der Waals surface area (Å²) in [5.41, 5.74) is 0.891. The summed E-state index contributed by atoms with van der Waals surface area (Å²) in [6.07, 6.45) is -0.727. The molecule has 2 rings (SSSR count). The maximum atomic E-state index is 12.1. The Hall–Kier alpha value is -2.71. The highest BCUT2D eigenvalue weighted by Crippen LogP contribution is 2.33. The monoisotopic (exact) mass is 364 g/mol. The van der Waals surface area contributed by atoms with Crippen LogP contribution in [-0.2, 0) is 23.8 Å². The molecule has 0 heterocycles. The summed E-state index contributed by atoms with van der Waals surface area (Å²) in [6.45, 7) is 0. The zero-order chi connectivity index (χ0) is 18.6. The number of carboxylic acids is 1. The molecule has 132 valence electrons. The van der Waals surface area contributed by atoms with Gasteiger partial charge in [-0.1, -0.05) is 42.5 Å². The molecular weight excluding hydrogens is 348 g/mol. The molecule has 0 aliphatic rings. The molecule has 2 aromatic rings. The fourth-order valence-electron chi connectivity index (χ4n) is 2.38.